The predicted molar refractivity (Wildman–Crippen MR) is 58.9 cm³/mol. The van der Waals surface area contributed by atoms with Gasteiger partial charge in [-0.1, -0.05) is 0 Å². The molecule has 1 saturated heterocycles. The second-order valence-electron chi connectivity index (χ2n) is 4.78. The van der Waals surface area contributed by atoms with Gasteiger partial charge in [-0.25, -0.2) is 0 Å². The first-order valence-electron chi connectivity index (χ1n) is 5.94. The first-order chi connectivity index (χ1) is 7.29. The topological polar surface area (TPSA) is 44.7 Å². The molecule has 0 aromatic rings. The molecule has 0 aromatic heterocycles. The zero-order chi connectivity index (χ0) is 10.7. The van der Waals surface area contributed by atoms with E-state index in [2.05, 4.69) is 17.3 Å². The molecule has 0 amide bonds. The number of likely N-dealkylation sites (N-methyl/N-ethyl adjacent to an activating group) is 1. The lowest BCUT2D eigenvalue weighted by molar-refractivity contribution is 0.138. The molecule has 1 aliphatic carbocycles. The van der Waals surface area contributed by atoms with Crippen LogP contribution in [0.5, 0.6) is 0 Å². The summed E-state index contributed by atoms with van der Waals surface area (Å²) in [4.78, 5) is 2.31. The lowest BCUT2D eigenvalue weighted by atomic mass is 10.2. The van der Waals surface area contributed by atoms with Gasteiger partial charge in [-0.05, 0) is 26.3 Å². The van der Waals surface area contributed by atoms with Gasteiger partial charge in [0.25, 0.3) is 0 Å². The van der Waals surface area contributed by atoms with Crippen LogP contribution in [0.4, 0.5) is 0 Å². The molecule has 1 aliphatic heterocycles. The van der Waals surface area contributed by atoms with E-state index < -0.39 is 0 Å². The highest BCUT2D eigenvalue weighted by molar-refractivity contribution is 4.86. The molecule has 2 aliphatic rings. The maximum atomic E-state index is 9.27. The molecule has 15 heavy (non-hydrogen) atoms. The Hall–Kier alpha value is -0.160. The van der Waals surface area contributed by atoms with E-state index in [-0.39, 0.29) is 12.6 Å². The summed E-state index contributed by atoms with van der Waals surface area (Å²) in [6.07, 6.45) is 3.66. The van der Waals surface area contributed by atoms with Crippen molar-refractivity contribution in [2.24, 2.45) is 0 Å². The molecule has 0 spiro atoms. The summed E-state index contributed by atoms with van der Waals surface area (Å²) in [5.74, 6) is 0. The van der Waals surface area contributed by atoms with Gasteiger partial charge in [0.05, 0.1) is 13.2 Å². The van der Waals surface area contributed by atoms with Gasteiger partial charge in [-0.15, -0.1) is 0 Å². The summed E-state index contributed by atoms with van der Waals surface area (Å²) in [7, 11) is 2.12. The largest absolute Gasteiger partial charge is 0.395 e. The fourth-order valence-corrected chi connectivity index (χ4v) is 2.11. The standard InChI is InChI=1S/C11H22N2O2/c1-13(11-4-5-15-8-11)6-10(7-14)12-9-2-3-9/h9-12,14H,2-8H2,1H3. The van der Waals surface area contributed by atoms with Crippen LogP contribution in [-0.4, -0.2) is 61.5 Å². The quantitative estimate of drug-likeness (QED) is 0.644. The second kappa shape index (κ2) is 5.25. The van der Waals surface area contributed by atoms with Gasteiger partial charge in [0.2, 0.25) is 0 Å². The third-order valence-corrected chi connectivity index (χ3v) is 3.31. The number of rotatable bonds is 6. The van der Waals surface area contributed by atoms with E-state index >= 15 is 0 Å². The molecule has 0 bridgehead atoms. The molecular weight excluding hydrogens is 192 g/mol. The van der Waals surface area contributed by atoms with E-state index in [1.165, 1.54) is 12.8 Å². The van der Waals surface area contributed by atoms with Gasteiger partial charge in [-0.3, -0.25) is 4.90 Å². The number of ether oxygens (including phenoxy) is 1. The Labute approximate surface area is 91.6 Å². The van der Waals surface area contributed by atoms with Crippen LogP contribution in [0.15, 0.2) is 0 Å². The zero-order valence-electron chi connectivity index (χ0n) is 9.48. The molecule has 0 aromatic carbocycles. The summed E-state index contributed by atoms with van der Waals surface area (Å²) < 4.78 is 5.36. The third kappa shape index (κ3) is 3.41. The summed E-state index contributed by atoms with van der Waals surface area (Å²) >= 11 is 0. The highest BCUT2D eigenvalue weighted by Gasteiger charge is 2.27. The van der Waals surface area contributed by atoms with Crippen LogP contribution in [0.25, 0.3) is 0 Å². The monoisotopic (exact) mass is 214 g/mol. The Kier molecular flexibility index (Phi) is 3.97. The number of hydrogen-bond acceptors (Lipinski definition) is 4. The normalized spacial score (nSPS) is 28.6. The maximum Gasteiger partial charge on any atom is 0.0622 e. The van der Waals surface area contributed by atoms with Crippen LogP contribution < -0.4 is 5.32 Å². The molecule has 4 heteroatoms. The van der Waals surface area contributed by atoms with Gasteiger partial charge in [-0.2, -0.15) is 0 Å². The van der Waals surface area contributed by atoms with Crippen molar-refractivity contribution in [2.45, 2.75) is 37.4 Å². The van der Waals surface area contributed by atoms with Crippen molar-refractivity contribution in [3.8, 4) is 0 Å². The van der Waals surface area contributed by atoms with Crippen molar-refractivity contribution in [3.05, 3.63) is 0 Å². The Bertz CT molecular complexity index is 191. The summed E-state index contributed by atoms with van der Waals surface area (Å²) in [6, 6.07) is 1.43. The van der Waals surface area contributed by atoms with E-state index in [0.29, 0.717) is 12.1 Å². The van der Waals surface area contributed by atoms with Crippen LogP contribution in [0.1, 0.15) is 19.3 Å². The van der Waals surface area contributed by atoms with Gasteiger partial charge >= 0.3 is 0 Å². The second-order valence-corrected chi connectivity index (χ2v) is 4.78. The first kappa shape index (κ1) is 11.3. The molecule has 88 valence electrons. The minimum Gasteiger partial charge on any atom is -0.395 e. The molecule has 4 nitrogen and oxygen atoms in total. The van der Waals surface area contributed by atoms with E-state index in [1.54, 1.807) is 0 Å². The van der Waals surface area contributed by atoms with Crippen molar-refractivity contribution < 1.29 is 9.84 Å². The minimum atomic E-state index is 0.225. The van der Waals surface area contributed by atoms with Crippen molar-refractivity contribution >= 4 is 0 Å². The Morgan fingerprint density at radius 3 is 2.80 bits per heavy atom. The van der Waals surface area contributed by atoms with E-state index in [9.17, 15) is 5.11 Å². The zero-order valence-corrected chi connectivity index (χ0v) is 9.48. The molecule has 2 rings (SSSR count). The van der Waals surface area contributed by atoms with Crippen LogP contribution in [-0.2, 0) is 4.74 Å². The molecule has 2 atom stereocenters. The molecule has 1 saturated carbocycles. The van der Waals surface area contributed by atoms with E-state index in [1.807, 2.05) is 0 Å². The smallest absolute Gasteiger partial charge is 0.0622 e. The van der Waals surface area contributed by atoms with Crippen molar-refractivity contribution in [1.29, 1.82) is 0 Å². The fourth-order valence-electron chi connectivity index (χ4n) is 2.11. The average molecular weight is 214 g/mol. The Balaban J connectivity index is 1.71. The molecule has 1 heterocycles. The van der Waals surface area contributed by atoms with Crippen molar-refractivity contribution in [1.82, 2.24) is 10.2 Å². The van der Waals surface area contributed by atoms with E-state index in [0.717, 1.165) is 26.2 Å². The lowest BCUT2D eigenvalue weighted by Gasteiger charge is -2.27. The molecular formula is C11H22N2O2. The fraction of sp³-hybridized carbons (Fsp3) is 1.00. The highest BCUT2D eigenvalue weighted by Crippen LogP contribution is 2.19. The van der Waals surface area contributed by atoms with Crippen LogP contribution in [0, 0.1) is 0 Å². The maximum absolute atomic E-state index is 9.27. The van der Waals surface area contributed by atoms with Gasteiger partial charge in [0.1, 0.15) is 0 Å². The average Bonchev–Trinajstić information content (AvgIpc) is 2.88. The lowest BCUT2D eigenvalue weighted by Crippen LogP contribution is -2.46. The summed E-state index contributed by atoms with van der Waals surface area (Å²) in [5, 5.41) is 12.7. The number of aliphatic hydroxyl groups excluding tert-OH is 1. The van der Waals surface area contributed by atoms with Crippen LogP contribution in [0.3, 0.4) is 0 Å². The van der Waals surface area contributed by atoms with Crippen LogP contribution in [0.2, 0.25) is 0 Å². The Morgan fingerprint density at radius 2 is 2.27 bits per heavy atom. The number of hydrogen-bond donors (Lipinski definition) is 2. The molecule has 2 N–H and O–H groups in total. The number of nitrogens with zero attached hydrogens (tertiary/aromatic N) is 1. The first-order valence-corrected chi connectivity index (χ1v) is 5.94. The van der Waals surface area contributed by atoms with Gasteiger partial charge in [0, 0.05) is 31.3 Å². The van der Waals surface area contributed by atoms with Crippen molar-refractivity contribution in [3.63, 3.8) is 0 Å². The highest BCUT2D eigenvalue weighted by atomic mass is 16.5. The third-order valence-electron chi connectivity index (χ3n) is 3.31. The number of aliphatic hydroxyl groups is 1. The Morgan fingerprint density at radius 1 is 1.47 bits per heavy atom. The van der Waals surface area contributed by atoms with Crippen LogP contribution >= 0.6 is 0 Å². The van der Waals surface area contributed by atoms with Gasteiger partial charge in [0.15, 0.2) is 0 Å². The molecule has 0 radical (unpaired) electrons. The minimum absolute atomic E-state index is 0.225. The van der Waals surface area contributed by atoms with Crippen molar-refractivity contribution in [2.75, 3.05) is 33.4 Å². The molecule has 2 fully saturated rings. The van der Waals surface area contributed by atoms with E-state index in [4.69, 9.17) is 4.74 Å². The predicted octanol–water partition coefficient (Wildman–Crippen LogP) is -0.180. The van der Waals surface area contributed by atoms with Gasteiger partial charge < -0.3 is 15.2 Å². The SMILES string of the molecule is CN(CC(CO)NC1CC1)C1CCOC1. The summed E-state index contributed by atoms with van der Waals surface area (Å²) in [6.45, 7) is 2.88. The molecule has 2 unspecified atom stereocenters. The summed E-state index contributed by atoms with van der Waals surface area (Å²) in [5.41, 5.74) is 0. The number of nitrogens with one attached hydrogen (secondary N) is 1.